The molecule has 0 bridgehead atoms. The minimum absolute atomic E-state index is 0.0505. The van der Waals surface area contributed by atoms with Crippen molar-refractivity contribution in [3.8, 4) is 5.75 Å². The molecule has 1 atom stereocenters. The Kier molecular flexibility index (Phi) is 5.55. The molecule has 3 rings (SSSR count). The van der Waals surface area contributed by atoms with E-state index in [2.05, 4.69) is 26.0 Å². The number of nitrogens with zero attached hydrogens (tertiary/aromatic N) is 1. The second-order valence-corrected chi connectivity index (χ2v) is 7.20. The zero-order valence-corrected chi connectivity index (χ0v) is 16.7. The Hall–Kier alpha value is -2.68. The molecule has 1 aliphatic rings. The molecule has 9 heteroatoms. The first-order chi connectivity index (χ1) is 13.2. The van der Waals surface area contributed by atoms with Crippen molar-refractivity contribution < 1.29 is 27.8 Å². The van der Waals surface area contributed by atoms with Crippen molar-refractivity contribution >= 4 is 33.6 Å². The largest absolute Gasteiger partial charge is 0.471 e. The van der Waals surface area contributed by atoms with Gasteiger partial charge in [0.15, 0.2) is 0 Å². The van der Waals surface area contributed by atoms with E-state index in [0.717, 1.165) is 18.2 Å². The predicted molar refractivity (Wildman–Crippen MR) is 101 cm³/mol. The van der Waals surface area contributed by atoms with Crippen LogP contribution in [0.2, 0.25) is 0 Å². The molecule has 2 aromatic carbocycles. The highest BCUT2D eigenvalue weighted by molar-refractivity contribution is 9.10. The molecule has 0 radical (unpaired) electrons. The van der Waals surface area contributed by atoms with Crippen molar-refractivity contribution in [3.05, 3.63) is 58.1 Å². The third-order valence-electron chi connectivity index (χ3n) is 4.38. The summed E-state index contributed by atoms with van der Waals surface area (Å²) in [6.45, 7) is 1.67. The van der Waals surface area contributed by atoms with E-state index in [1.807, 2.05) is 0 Å². The van der Waals surface area contributed by atoms with Crippen LogP contribution < -0.4 is 15.0 Å². The summed E-state index contributed by atoms with van der Waals surface area (Å²) < 4.78 is 38.7. The van der Waals surface area contributed by atoms with Crippen molar-refractivity contribution in [1.29, 1.82) is 0 Å². The molecule has 0 aromatic heterocycles. The second kappa shape index (κ2) is 7.75. The summed E-state index contributed by atoms with van der Waals surface area (Å²) in [5.74, 6) is -1.77. The summed E-state index contributed by atoms with van der Waals surface area (Å²) in [5.41, 5.74) is -1.12. The molecule has 0 saturated carbocycles. The van der Waals surface area contributed by atoms with E-state index < -0.39 is 29.2 Å². The molecule has 0 unspecified atom stereocenters. The van der Waals surface area contributed by atoms with E-state index in [1.54, 1.807) is 18.2 Å². The minimum Gasteiger partial charge on any atom is -0.471 e. The molecule has 0 saturated heterocycles. The highest BCUT2D eigenvalue weighted by Crippen LogP contribution is 2.43. The van der Waals surface area contributed by atoms with Gasteiger partial charge in [-0.15, -0.1) is 0 Å². The van der Waals surface area contributed by atoms with Gasteiger partial charge in [-0.1, -0.05) is 15.9 Å². The van der Waals surface area contributed by atoms with Gasteiger partial charge in [0.1, 0.15) is 17.4 Å². The number of halogens is 3. The van der Waals surface area contributed by atoms with Crippen LogP contribution in [0.15, 0.2) is 40.9 Å². The lowest BCUT2D eigenvalue weighted by atomic mass is 9.91. The third kappa shape index (κ3) is 3.80. The summed E-state index contributed by atoms with van der Waals surface area (Å²) in [5, 5.41) is 2.50. The molecule has 0 fully saturated rings. The number of anilines is 1. The smallest absolute Gasteiger partial charge is 0.406 e. The zero-order chi connectivity index (χ0) is 20.5. The molecule has 0 aliphatic carbocycles. The van der Waals surface area contributed by atoms with Gasteiger partial charge < -0.3 is 19.7 Å². The van der Waals surface area contributed by atoms with Crippen LogP contribution in [-0.4, -0.2) is 32.2 Å². The number of benzene rings is 2. The zero-order valence-electron chi connectivity index (χ0n) is 15.1. The summed E-state index contributed by atoms with van der Waals surface area (Å²) in [4.78, 5) is 26.0. The number of amides is 2. The van der Waals surface area contributed by atoms with E-state index in [0.29, 0.717) is 15.9 Å². The van der Waals surface area contributed by atoms with Gasteiger partial charge >= 0.3 is 6.09 Å². The van der Waals surface area contributed by atoms with Gasteiger partial charge in [-0.05, 0) is 37.3 Å². The van der Waals surface area contributed by atoms with Gasteiger partial charge in [-0.3, -0.25) is 4.79 Å². The number of carbonyl (C=O) groups excluding carboxylic acids is 2. The van der Waals surface area contributed by atoms with Crippen LogP contribution in [0.25, 0.3) is 0 Å². The Morgan fingerprint density at radius 1 is 1.25 bits per heavy atom. The topological polar surface area (TPSA) is 67.9 Å². The Labute approximate surface area is 168 Å². The summed E-state index contributed by atoms with van der Waals surface area (Å²) in [6, 6.07) is 7.93. The number of ether oxygens (including phenoxy) is 2. The highest BCUT2D eigenvalue weighted by Gasteiger charge is 2.46. The van der Waals surface area contributed by atoms with Crippen molar-refractivity contribution in [3.63, 3.8) is 0 Å². The van der Waals surface area contributed by atoms with Gasteiger partial charge in [0.05, 0.1) is 12.8 Å². The molecule has 1 aliphatic heterocycles. The molecule has 2 amide bonds. The Bertz CT molecular complexity index is 920. The first kappa shape index (κ1) is 20.1. The fourth-order valence-corrected chi connectivity index (χ4v) is 3.34. The maximum Gasteiger partial charge on any atom is 0.406 e. The molecule has 6 nitrogen and oxygen atoms in total. The lowest BCUT2D eigenvalue weighted by Gasteiger charge is -2.41. The molecule has 1 N–H and O–H groups in total. The summed E-state index contributed by atoms with van der Waals surface area (Å²) in [6.07, 6.45) is -0.634. The quantitative estimate of drug-likeness (QED) is 0.764. The van der Waals surface area contributed by atoms with Crippen molar-refractivity contribution in [1.82, 2.24) is 5.32 Å². The van der Waals surface area contributed by atoms with Crippen LogP contribution >= 0.6 is 15.9 Å². The van der Waals surface area contributed by atoms with E-state index in [4.69, 9.17) is 4.74 Å². The van der Waals surface area contributed by atoms with E-state index in [9.17, 15) is 18.4 Å². The molecule has 148 valence electrons. The van der Waals surface area contributed by atoms with Crippen LogP contribution in [0.1, 0.15) is 12.5 Å². The average molecular weight is 455 g/mol. The summed E-state index contributed by atoms with van der Waals surface area (Å²) >= 11 is 3.35. The molecular weight excluding hydrogens is 438 g/mol. The molecule has 28 heavy (non-hydrogen) atoms. The average Bonchev–Trinajstić information content (AvgIpc) is 2.64. The van der Waals surface area contributed by atoms with E-state index >= 15 is 0 Å². The van der Waals surface area contributed by atoms with Crippen LogP contribution in [0.5, 0.6) is 5.75 Å². The van der Waals surface area contributed by atoms with Crippen LogP contribution in [0.4, 0.5) is 19.3 Å². The maximum atomic E-state index is 13.8. The van der Waals surface area contributed by atoms with Crippen LogP contribution in [0.3, 0.4) is 0 Å². The normalized spacial score (nSPS) is 18.3. The van der Waals surface area contributed by atoms with E-state index in [1.165, 1.54) is 18.9 Å². The number of alkyl carbamates (subject to hydrolysis) is 1. The van der Waals surface area contributed by atoms with Gasteiger partial charge in [0, 0.05) is 29.2 Å². The Balaban J connectivity index is 2.01. The van der Waals surface area contributed by atoms with E-state index in [-0.39, 0.29) is 18.7 Å². The fourth-order valence-electron chi connectivity index (χ4n) is 2.99. The molecular formula is C19H17BrF2N2O4. The van der Waals surface area contributed by atoms with Gasteiger partial charge in [0.25, 0.3) is 5.91 Å². The SMILES string of the molecule is COC(=O)NCCN1C(=O)[C@](C)(c2cc(F)cc(F)c2)Oc2ccc(Br)cc21. The van der Waals surface area contributed by atoms with Crippen LogP contribution in [0, 0.1) is 11.6 Å². The van der Waals surface area contributed by atoms with Crippen molar-refractivity contribution in [2.75, 3.05) is 25.1 Å². The number of hydrogen-bond acceptors (Lipinski definition) is 4. The number of fused-ring (bicyclic) bond motifs is 1. The number of methoxy groups -OCH3 is 1. The molecule has 1 heterocycles. The lowest BCUT2D eigenvalue weighted by Crippen LogP contribution is -2.54. The van der Waals surface area contributed by atoms with Gasteiger partial charge in [-0.2, -0.15) is 0 Å². The second-order valence-electron chi connectivity index (χ2n) is 6.28. The van der Waals surface area contributed by atoms with Crippen molar-refractivity contribution in [2.45, 2.75) is 12.5 Å². The number of nitrogens with one attached hydrogen (secondary N) is 1. The first-order valence-corrected chi connectivity index (χ1v) is 9.13. The Morgan fingerprint density at radius 3 is 2.57 bits per heavy atom. The number of rotatable bonds is 4. The standard InChI is InChI=1S/C19H17BrF2N2O4/c1-19(11-7-13(21)10-14(22)8-11)17(25)24(6-5-23-18(26)27-2)15-9-12(20)3-4-16(15)28-19/h3-4,7-10H,5-6H2,1-2H3,(H,23,26)/t19-/m0/s1. The summed E-state index contributed by atoms with van der Waals surface area (Å²) in [7, 11) is 1.23. The predicted octanol–water partition coefficient (Wildman–Crippen LogP) is 3.72. The van der Waals surface area contributed by atoms with Crippen molar-refractivity contribution in [2.24, 2.45) is 0 Å². The third-order valence-corrected chi connectivity index (χ3v) is 4.88. The highest BCUT2D eigenvalue weighted by atomic mass is 79.9. The van der Waals surface area contributed by atoms with Gasteiger partial charge in [0.2, 0.25) is 5.60 Å². The molecule has 2 aromatic rings. The number of hydrogen-bond donors (Lipinski definition) is 1. The number of carbonyl (C=O) groups is 2. The van der Waals surface area contributed by atoms with Gasteiger partial charge in [-0.25, -0.2) is 13.6 Å². The van der Waals surface area contributed by atoms with Crippen LogP contribution in [-0.2, 0) is 15.1 Å². The monoisotopic (exact) mass is 454 g/mol. The maximum absolute atomic E-state index is 13.8. The fraction of sp³-hybridized carbons (Fsp3) is 0.263. The Morgan fingerprint density at radius 2 is 1.93 bits per heavy atom. The first-order valence-electron chi connectivity index (χ1n) is 8.33. The lowest BCUT2D eigenvalue weighted by molar-refractivity contribution is -0.135. The molecule has 0 spiro atoms. The minimum atomic E-state index is -1.64.